The van der Waals surface area contributed by atoms with Crippen LogP contribution in [0.25, 0.3) is 0 Å². The van der Waals surface area contributed by atoms with Gasteiger partial charge in [0.15, 0.2) is 5.78 Å². The SMILES string of the molecule is CC(=O)/C=C/C1=C(C)CCC1. The van der Waals surface area contributed by atoms with Gasteiger partial charge in [0.05, 0.1) is 0 Å². The van der Waals surface area contributed by atoms with Crippen LogP contribution in [0.3, 0.4) is 0 Å². The van der Waals surface area contributed by atoms with Crippen molar-refractivity contribution < 1.29 is 4.79 Å². The molecule has 0 aliphatic heterocycles. The zero-order valence-electron chi connectivity index (χ0n) is 7.18. The largest absolute Gasteiger partial charge is 0.295 e. The highest BCUT2D eigenvalue weighted by Gasteiger charge is 2.06. The van der Waals surface area contributed by atoms with E-state index >= 15 is 0 Å². The number of rotatable bonds is 2. The summed E-state index contributed by atoms with van der Waals surface area (Å²) in [5, 5.41) is 0. The summed E-state index contributed by atoms with van der Waals surface area (Å²) in [7, 11) is 0. The molecule has 1 heteroatoms. The van der Waals surface area contributed by atoms with Gasteiger partial charge in [0.25, 0.3) is 0 Å². The van der Waals surface area contributed by atoms with Crippen LogP contribution >= 0.6 is 0 Å². The molecule has 0 spiro atoms. The number of ketones is 1. The molecule has 11 heavy (non-hydrogen) atoms. The molecule has 0 bridgehead atoms. The lowest BCUT2D eigenvalue weighted by Crippen LogP contribution is -1.81. The second kappa shape index (κ2) is 3.51. The number of carbonyl (C=O) groups excluding carboxylic acids is 1. The van der Waals surface area contributed by atoms with E-state index in [4.69, 9.17) is 0 Å². The predicted molar refractivity (Wildman–Crippen MR) is 46.4 cm³/mol. The predicted octanol–water partition coefficient (Wildman–Crippen LogP) is 2.63. The van der Waals surface area contributed by atoms with E-state index in [0.717, 1.165) is 6.42 Å². The molecule has 60 valence electrons. The van der Waals surface area contributed by atoms with Crippen LogP contribution in [0, 0.1) is 0 Å². The molecule has 0 saturated heterocycles. The molecule has 0 aromatic carbocycles. The van der Waals surface area contributed by atoms with Gasteiger partial charge in [0, 0.05) is 0 Å². The van der Waals surface area contributed by atoms with Gasteiger partial charge in [-0.15, -0.1) is 0 Å². The number of hydrogen-bond donors (Lipinski definition) is 0. The molecule has 0 saturated carbocycles. The molecule has 0 radical (unpaired) electrons. The maximum Gasteiger partial charge on any atom is 0.152 e. The van der Waals surface area contributed by atoms with Gasteiger partial charge in [-0.25, -0.2) is 0 Å². The summed E-state index contributed by atoms with van der Waals surface area (Å²) in [5.74, 6) is 0.136. The number of allylic oxidation sites excluding steroid dienone is 4. The fourth-order valence-corrected chi connectivity index (χ4v) is 1.36. The molecule has 1 rings (SSSR count). The van der Waals surface area contributed by atoms with Gasteiger partial charge in [0.1, 0.15) is 0 Å². The van der Waals surface area contributed by atoms with Crippen molar-refractivity contribution in [3.05, 3.63) is 23.3 Å². The summed E-state index contributed by atoms with van der Waals surface area (Å²) >= 11 is 0. The molecule has 0 heterocycles. The minimum atomic E-state index is 0.136. The van der Waals surface area contributed by atoms with Crippen LogP contribution in [0.2, 0.25) is 0 Å². The molecule has 0 atom stereocenters. The van der Waals surface area contributed by atoms with E-state index in [0.29, 0.717) is 0 Å². The van der Waals surface area contributed by atoms with E-state index in [1.54, 1.807) is 13.0 Å². The third kappa shape index (κ3) is 2.34. The minimum absolute atomic E-state index is 0.136. The van der Waals surface area contributed by atoms with Gasteiger partial charge >= 0.3 is 0 Å². The van der Waals surface area contributed by atoms with E-state index < -0.39 is 0 Å². The summed E-state index contributed by atoms with van der Waals surface area (Å²) in [4.78, 5) is 10.6. The summed E-state index contributed by atoms with van der Waals surface area (Å²) in [6.45, 7) is 3.73. The zero-order valence-corrected chi connectivity index (χ0v) is 7.18. The van der Waals surface area contributed by atoms with Crippen LogP contribution in [-0.4, -0.2) is 5.78 Å². The Morgan fingerprint density at radius 3 is 2.64 bits per heavy atom. The Balaban J connectivity index is 2.61. The molecular formula is C10H14O. The van der Waals surface area contributed by atoms with Crippen LogP contribution in [0.15, 0.2) is 23.3 Å². The van der Waals surface area contributed by atoms with Gasteiger partial charge in [0.2, 0.25) is 0 Å². The molecule has 0 fully saturated rings. The Morgan fingerprint density at radius 1 is 1.45 bits per heavy atom. The van der Waals surface area contributed by atoms with Gasteiger partial charge in [-0.3, -0.25) is 4.79 Å². The van der Waals surface area contributed by atoms with E-state index in [9.17, 15) is 4.79 Å². The van der Waals surface area contributed by atoms with Crippen molar-refractivity contribution in [2.45, 2.75) is 33.1 Å². The Bertz CT molecular complexity index is 221. The lowest BCUT2D eigenvalue weighted by Gasteiger charge is -1.92. The van der Waals surface area contributed by atoms with Crippen molar-refractivity contribution >= 4 is 5.78 Å². The van der Waals surface area contributed by atoms with E-state index in [1.807, 2.05) is 6.08 Å². The summed E-state index contributed by atoms with van der Waals surface area (Å²) < 4.78 is 0. The van der Waals surface area contributed by atoms with Crippen molar-refractivity contribution in [1.29, 1.82) is 0 Å². The molecule has 0 aromatic rings. The monoisotopic (exact) mass is 150 g/mol. The van der Waals surface area contributed by atoms with Crippen LogP contribution in [-0.2, 0) is 4.79 Å². The molecule has 1 aliphatic carbocycles. The highest BCUT2D eigenvalue weighted by atomic mass is 16.1. The van der Waals surface area contributed by atoms with Gasteiger partial charge in [-0.1, -0.05) is 11.6 Å². The van der Waals surface area contributed by atoms with Gasteiger partial charge in [-0.05, 0) is 44.8 Å². The first-order valence-corrected chi connectivity index (χ1v) is 4.07. The summed E-state index contributed by atoms with van der Waals surface area (Å²) in [6, 6.07) is 0. The second-order valence-electron chi connectivity index (χ2n) is 3.10. The van der Waals surface area contributed by atoms with E-state index in [2.05, 4.69) is 6.92 Å². The average molecular weight is 150 g/mol. The average Bonchev–Trinajstić information content (AvgIpc) is 2.31. The Hall–Kier alpha value is -0.850. The third-order valence-electron chi connectivity index (χ3n) is 2.07. The quantitative estimate of drug-likeness (QED) is 0.553. The molecule has 1 aliphatic rings. The molecule has 0 amide bonds. The summed E-state index contributed by atoms with van der Waals surface area (Å²) in [6.07, 6.45) is 7.23. The Morgan fingerprint density at radius 2 is 2.18 bits per heavy atom. The highest BCUT2D eigenvalue weighted by Crippen LogP contribution is 2.25. The molecule has 1 nitrogen and oxygen atoms in total. The van der Waals surface area contributed by atoms with Crippen LogP contribution in [0.4, 0.5) is 0 Å². The normalized spacial score (nSPS) is 18.4. The maximum atomic E-state index is 10.6. The van der Waals surface area contributed by atoms with Crippen molar-refractivity contribution in [2.75, 3.05) is 0 Å². The van der Waals surface area contributed by atoms with Crippen molar-refractivity contribution in [3.63, 3.8) is 0 Å². The molecule has 0 aromatic heterocycles. The number of carbonyl (C=O) groups is 1. The first kappa shape index (κ1) is 8.25. The van der Waals surface area contributed by atoms with Crippen molar-refractivity contribution in [1.82, 2.24) is 0 Å². The van der Waals surface area contributed by atoms with E-state index in [1.165, 1.54) is 24.0 Å². The smallest absolute Gasteiger partial charge is 0.152 e. The van der Waals surface area contributed by atoms with Crippen LogP contribution < -0.4 is 0 Å². The Labute approximate surface area is 67.8 Å². The lowest BCUT2D eigenvalue weighted by molar-refractivity contribution is -0.112. The molecule has 0 N–H and O–H groups in total. The van der Waals surface area contributed by atoms with Crippen LogP contribution in [0.5, 0.6) is 0 Å². The van der Waals surface area contributed by atoms with Gasteiger partial charge < -0.3 is 0 Å². The Kier molecular flexibility index (Phi) is 2.64. The third-order valence-corrected chi connectivity index (χ3v) is 2.07. The first-order chi connectivity index (χ1) is 5.20. The fraction of sp³-hybridized carbons (Fsp3) is 0.500. The van der Waals surface area contributed by atoms with Crippen LogP contribution in [0.1, 0.15) is 33.1 Å². The standard InChI is InChI=1S/C10H14O/c1-8-4-3-5-10(8)7-6-9(2)11/h6-7H,3-5H2,1-2H3/b7-6+. The van der Waals surface area contributed by atoms with Crippen molar-refractivity contribution in [3.8, 4) is 0 Å². The highest BCUT2D eigenvalue weighted by molar-refractivity contribution is 5.87. The first-order valence-electron chi connectivity index (χ1n) is 4.07. The fourth-order valence-electron chi connectivity index (χ4n) is 1.36. The lowest BCUT2D eigenvalue weighted by atomic mass is 10.1. The van der Waals surface area contributed by atoms with Crippen molar-refractivity contribution in [2.24, 2.45) is 0 Å². The topological polar surface area (TPSA) is 17.1 Å². The zero-order chi connectivity index (χ0) is 8.27. The number of hydrogen-bond acceptors (Lipinski definition) is 1. The van der Waals surface area contributed by atoms with E-state index in [-0.39, 0.29) is 5.78 Å². The summed E-state index contributed by atoms with van der Waals surface area (Å²) in [5.41, 5.74) is 2.81. The minimum Gasteiger partial charge on any atom is -0.295 e. The van der Waals surface area contributed by atoms with Gasteiger partial charge in [-0.2, -0.15) is 0 Å². The second-order valence-corrected chi connectivity index (χ2v) is 3.10. The molecular weight excluding hydrogens is 136 g/mol. The molecule has 0 unspecified atom stereocenters. The maximum absolute atomic E-state index is 10.6.